The summed E-state index contributed by atoms with van der Waals surface area (Å²) in [6.45, 7) is 0.243. The molecule has 0 spiro atoms. The van der Waals surface area contributed by atoms with E-state index >= 15 is 0 Å². The lowest BCUT2D eigenvalue weighted by molar-refractivity contribution is -0.139. The number of carboxylic acid groups (broad SMARTS) is 1. The summed E-state index contributed by atoms with van der Waals surface area (Å²) in [6, 6.07) is 6.01. The van der Waals surface area contributed by atoms with E-state index in [1.807, 2.05) is 0 Å². The highest BCUT2D eigenvalue weighted by atomic mass is 19.1. The lowest BCUT2D eigenvalue weighted by atomic mass is 10.2. The summed E-state index contributed by atoms with van der Waals surface area (Å²) in [5.41, 5.74) is 0.418. The molecule has 1 aliphatic rings. The Kier molecular flexibility index (Phi) is 3.81. The zero-order chi connectivity index (χ0) is 13.1. The molecule has 0 amide bonds. The fourth-order valence-corrected chi connectivity index (χ4v) is 1.87. The van der Waals surface area contributed by atoms with Crippen LogP contribution >= 0.6 is 0 Å². The Balaban J connectivity index is 2.01. The molecule has 1 aliphatic carbocycles. The number of likely N-dealkylation sites (N-methyl/N-ethyl adjacent to an activating group) is 1. The second kappa shape index (κ2) is 5.35. The summed E-state index contributed by atoms with van der Waals surface area (Å²) in [6.07, 6.45) is 2.04. The Morgan fingerprint density at radius 1 is 1.56 bits per heavy atom. The average Bonchev–Trinajstić information content (AvgIpc) is 3.12. The van der Waals surface area contributed by atoms with Gasteiger partial charge in [-0.2, -0.15) is 0 Å². The topological polar surface area (TPSA) is 52.6 Å². The van der Waals surface area contributed by atoms with Crippen LogP contribution in [0.15, 0.2) is 24.3 Å². The number of nitrogens with one attached hydrogen (secondary N) is 1. The quantitative estimate of drug-likeness (QED) is 0.805. The molecular formula is C13H17FN2O2. The van der Waals surface area contributed by atoms with E-state index in [2.05, 4.69) is 5.32 Å². The molecule has 5 heteroatoms. The number of rotatable bonds is 6. The van der Waals surface area contributed by atoms with Gasteiger partial charge in [0.2, 0.25) is 0 Å². The predicted molar refractivity (Wildman–Crippen MR) is 67.3 cm³/mol. The molecule has 2 N–H and O–H groups in total. The van der Waals surface area contributed by atoms with Crippen LogP contribution in [0.5, 0.6) is 0 Å². The molecule has 0 aliphatic heterocycles. The van der Waals surface area contributed by atoms with Crippen molar-refractivity contribution in [3.8, 4) is 0 Å². The van der Waals surface area contributed by atoms with Crippen LogP contribution in [0.2, 0.25) is 0 Å². The van der Waals surface area contributed by atoms with Gasteiger partial charge in [-0.25, -0.2) is 4.39 Å². The molecule has 1 fully saturated rings. The first-order chi connectivity index (χ1) is 8.58. The van der Waals surface area contributed by atoms with Gasteiger partial charge in [0.25, 0.3) is 0 Å². The monoisotopic (exact) mass is 252 g/mol. The molecule has 0 saturated heterocycles. The predicted octanol–water partition coefficient (Wildman–Crippen LogP) is 1.47. The third kappa shape index (κ3) is 3.20. The summed E-state index contributed by atoms with van der Waals surface area (Å²) >= 11 is 0. The Bertz CT molecular complexity index is 435. The minimum absolute atomic E-state index is 0.243. The van der Waals surface area contributed by atoms with Crippen molar-refractivity contribution in [2.24, 2.45) is 0 Å². The van der Waals surface area contributed by atoms with Crippen LogP contribution in [0.3, 0.4) is 0 Å². The molecule has 0 aromatic heterocycles. The maximum absolute atomic E-state index is 13.6. The van der Waals surface area contributed by atoms with Crippen molar-refractivity contribution in [1.82, 2.24) is 5.32 Å². The highest BCUT2D eigenvalue weighted by molar-refractivity contribution is 5.74. The zero-order valence-electron chi connectivity index (χ0n) is 10.3. The summed E-state index contributed by atoms with van der Waals surface area (Å²) in [7, 11) is 1.70. The van der Waals surface area contributed by atoms with Gasteiger partial charge >= 0.3 is 5.97 Å². The largest absolute Gasteiger partial charge is 0.480 e. The van der Waals surface area contributed by atoms with Gasteiger partial charge in [0.1, 0.15) is 11.9 Å². The van der Waals surface area contributed by atoms with E-state index in [0.29, 0.717) is 11.7 Å². The van der Waals surface area contributed by atoms with Gasteiger partial charge in [0.15, 0.2) is 0 Å². The Hall–Kier alpha value is -1.62. The lowest BCUT2D eigenvalue weighted by Gasteiger charge is -2.24. The van der Waals surface area contributed by atoms with Crippen molar-refractivity contribution >= 4 is 11.7 Å². The standard InChI is InChI=1S/C13H17FN2O2/c1-16(12-5-3-2-4-10(12)14)8-11(13(17)18)15-9-6-7-9/h2-5,9,11,15H,6-8H2,1H3,(H,17,18). The van der Waals surface area contributed by atoms with Gasteiger partial charge in [0.05, 0.1) is 5.69 Å². The molecule has 1 aromatic rings. The molecule has 1 atom stereocenters. The summed E-state index contributed by atoms with van der Waals surface area (Å²) in [5.74, 6) is -1.24. The number of benzene rings is 1. The van der Waals surface area contributed by atoms with Crippen LogP contribution in [0.4, 0.5) is 10.1 Å². The number of hydrogen-bond acceptors (Lipinski definition) is 3. The van der Waals surface area contributed by atoms with Crippen molar-refractivity contribution < 1.29 is 14.3 Å². The number of anilines is 1. The van der Waals surface area contributed by atoms with Crippen LogP contribution in [-0.4, -0.2) is 36.8 Å². The first-order valence-corrected chi connectivity index (χ1v) is 6.02. The Labute approximate surface area is 105 Å². The third-order valence-electron chi connectivity index (χ3n) is 3.03. The van der Waals surface area contributed by atoms with Crippen molar-refractivity contribution in [3.05, 3.63) is 30.1 Å². The highest BCUT2D eigenvalue weighted by Crippen LogP contribution is 2.21. The zero-order valence-corrected chi connectivity index (χ0v) is 10.3. The number of hydrogen-bond donors (Lipinski definition) is 2. The van der Waals surface area contributed by atoms with Gasteiger partial charge in [-0.15, -0.1) is 0 Å². The van der Waals surface area contributed by atoms with Crippen LogP contribution in [0, 0.1) is 5.82 Å². The highest BCUT2D eigenvalue weighted by Gasteiger charge is 2.29. The fraction of sp³-hybridized carbons (Fsp3) is 0.462. The molecule has 2 rings (SSSR count). The third-order valence-corrected chi connectivity index (χ3v) is 3.03. The first kappa shape index (κ1) is 12.8. The smallest absolute Gasteiger partial charge is 0.322 e. The maximum atomic E-state index is 13.6. The molecule has 1 aromatic carbocycles. The van der Waals surface area contributed by atoms with Crippen LogP contribution in [-0.2, 0) is 4.79 Å². The normalized spacial score (nSPS) is 16.3. The van der Waals surface area contributed by atoms with Gasteiger partial charge in [-0.3, -0.25) is 4.79 Å². The second-order valence-corrected chi connectivity index (χ2v) is 4.66. The molecule has 98 valence electrons. The van der Waals surface area contributed by atoms with Crippen molar-refractivity contribution in [2.45, 2.75) is 24.9 Å². The minimum Gasteiger partial charge on any atom is -0.480 e. The molecule has 18 heavy (non-hydrogen) atoms. The SMILES string of the molecule is CN(CC(NC1CC1)C(=O)O)c1ccccc1F. The number of halogens is 1. The number of nitrogens with zero attached hydrogens (tertiary/aromatic N) is 1. The fourth-order valence-electron chi connectivity index (χ4n) is 1.87. The molecule has 0 radical (unpaired) electrons. The van der Waals surface area contributed by atoms with E-state index in [-0.39, 0.29) is 12.4 Å². The number of carbonyl (C=O) groups is 1. The average molecular weight is 252 g/mol. The van der Waals surface area contributed by atoms with E-state index in [4.69, 9.17) is 5.11 Å². The second-order valence-electron chi connectivity index (χ2n) is 4.66. The molecular weight excluding hydrogens is 235 g/mol. The number of para-hydroxylation sites is 1. The summed E-state index contributed by atoms with van der Waals surface area (Å²) in [4.78, 5) is 12.8. The van der Waals surface area contributed by atoms with E-state index in [1.54, 1.807) is 30.1 Å². The molecule has 1 saturated carbocycles. The van der Waals surface area contributed by atoms with Gasteiger partial charge in [-0.05, 0) is 25.0 Å². The maximum Gasteiger partial charge on any atom is 0.322 e. The summed E-state index contributed by atoms with van der Waals surface area (Å²) in [5, 5.41) is 12.2. The summed E-state index contributed by atoms with van der Waals surface area (Å²) < 4.78 is 13.6. The van der Waals surface area contributed by atoms with Crippen molar-refractivity contribution in [3.63, 3.8) is 0 Å². The van der Waals surface area contributed by atoms with E-state index in [0.717, 1.165) is 12.8 Å². The lowest BCUT2D eigenvalue weighted by Crippen LogP contribution is -2.46. The van der Waals surface area contributed by atoms with Gasteiger partial charge in [-0.1, -0.05) is 12.1 Å². The van der Waals surface area contributed by atoms with Crippen LogP contribution in [0.25, 0.3) is 0 Å². The van der Waals surface area contributed by atoms with Crippen LogP contribution < -0.4 is 10.2 Å². The first-order valence-electron chi connectivity index (χ1n) is 6.02. The van der Waals surface area contributed by atoms with E-state index < -0.39 is 12.0 Å². The molecule has 0 heterocycles. The molecule has 0 bridgehead atoms. The van der Waals surface area contributed by atoms with E-state index in [1.165, 1.54) is 6.07 Å². The van der Waals surface area contributed by atoms with E-state index in [9.17, 15) is 9.18 Å². The van der Waals surface area contributed by atoms with Crippen molar-refractivity contribution in [2.75, 3.05) is 18.5 Å². The van der Waals surface area contributed by atoms with Gasteiger partial charge in [0, 0.05) is 19.6 Å². The minimum atomic E-state index is -0.898. The van der Waals surface area contributed by atoms with Crippen molar-refractivity contribution in [1.29, 1.82) is 0 Å². The molecule has 4 nitrogen and oxygen atoms in total. The Morgan fingerprint density at radius 3 is 2.78 bits per heavy atom. The number of aliphatic carboxylic acids is 1. The number of carboxylic acids is 1. The van der Waals surface area contributed by atoms with Gasteiger partial charge < -0.3 is 15.3 Å². The van der Waals surface area contributed by atoms with Crippen LogP contribution in [0.1, 0.15) is 12.8 Å². The molecule has 1 unspecified atom stereocenters. The Morgan fingerprint density at radius 2 is 2.22 bits per heavy atom.